The van der Waals surface area contributed by atoms with Gasteiger partial charge in [-0.05, 0) is 30.2 Å². The molecule has 7 nitrogen and oxygen atoms in total. The van der Waals surface area contributed by atoms with E-state index in [0.29, 0.717) is 17.4 Å². The quantitative estimate of drug-likeness (QED) is 0.399. The number of carbonyl (C=O) groups is 1. The molecule has 154 valence electrons. The van der Waals surface area contributed by atoms with Crippen LogP contribution in [0, 0.1) is 6.92 Å². The first-order chi connectivity index (χ1) is 15.1. The molecule has 5 aromatic rings. The van der Waals surface area contributed by atoms with Crippen LogP contribution in [-0.2, 0) is 17.6 Å². The Hall–Kier alpha value is -3.43. The fraction of sp³-hybridized carbons (Fsp3) is 0.136. The Morgan fingerprint density at radius 2 is 1.87 bits per heavy atom. The van der Waals surface area contributed by atoms with Gasteiger partial charge in [-0.25, -0.2) is 9.97 Å². The Balaban J connectivity index is 1.27. The third-order valence-corrected chi connectivity index (χ3v) is 6.38. The third kappa shape index (κ3) is 4.52. The van der Waals surface area contributed by atoms with Crippen LogP contribution < -0.4 is 5.32 Å². The minimum atomic E-state index is -0.238. The lowest BCUT2D eigenvalue weighted by atomic mass is 10.1. The Kier molecular flexibility index (Phi) is 5.27. The third-order valence-electron chi connectivity index (χ3n) is 4.53. The van der Waals surface area contributed by atoms with Crippen LogP contribution in [0.1, 0.15) is 21.7 Å². The second-order valence-electron chi connectivity index (χ2n) is 6.92. The van der Waals surface area contributed by atoms with Crippen LogP contribution in [0.4, 0.5) is 5.13 Å². The predicted molar refractivity (Wildman–Crippen MR) is 121 cm³/mol. The van der Waals surface area contributed by atoms with Gasteiger partial charge in [0.15, 0.2) is 5.13 Å². The standard InChI is InChI=1S/C22H17N5O2S2/c1-13-12-23-22(30-13)25-18(28)10-19-26-27-20(29-19)11-21-24-16-8-7-15(9-17(16)31-21)14-5-3-2-4-6-14/h2-9,12H,10-11H2,1H3,(H,23,25,28). The highest BCUT2D eigenvalue weighted by Gasteiger charge is 2.15. The molecule has 0 saturated carbocycles. The average Bonchev–Trinajstić information content (AvgIpc) is 3.48. The van der Waals surface area contributed by atoms with E-state index in [2.05, 4.69) is 49.7 Å². The first-order valence-corrected chi connectivity index (χ1v) is 11.2. The lowest BCUT2D eigenvalue weighted by Gasteiger charge is -2.00. The van der Waals surface area contributed by atoms with Gasteiger partial charge in [0.05, 0.1) is 16.6 Å². The Labute approximate surface area is 185 Å². The van der Waals surface area contributed by atoms with Gasteiger partial charge >= 0.3 is 0 Å². The van der Waals surface area contributed by atoms with Crippen molar-refractivity contribution >= 4 is 43.9 Å². The SMILES string of the molecule is Cc1cnc(NC(=O)Cc2nnc(Cc3nc4ccc(-c5ccccc5)cc4s3)o2)s1. The second kappa shape index (κ2) is 8.37. The van der Waals surface area contributed by atoms with Gasteiger partial charge in [-0.2, -0.15) is 0 Å². The van der Waals surface area contributed by atoms with Crippen molar-refractivity contribution in [3.8, 4) is 11.1 Å². The van der Waals surface area contributed by atoms with Gasteiger partial charge in [0.25, 0.3) is 0 Å². The highest BCUT2D eigenvalue weighted by molar-refractivity contribution is 7.18. The van der Waals surface area contributed by atoms with Crippen LogP contribution in [0.25, 0.3) is 21.3 Å². The molecule has 2 aromatic carbocycles. The predicted octanol–water partition coefficient (Wildman–Crippen LogP) is 4.88. The van der Waals surface area contributed by atoms with Gasteiger partial charge in [-0.3, -0.25) is 4.79 Å². The molecule has 0 spiro atoms. The molecule has 0 radical (unpaired) electrons. The Morgan fingerprint density at radius 1 is 1.03 bits per heavy atom. The molecule has 0 bridgehead atoms. The van der Waals surface area contributed by atoms with E-state index in [4.69, 9.17) is 4.42 Å². The maximum absolute atomic E-state index is 12.1. The molecule has 0 unspecified atom stereocenters. The molecule has 5 rings (SSSR count). The molecule has 3 heterocycles. The summed E-state index contributed by atoms with van der Waals surface area (Å²) in [5, 5.41) is 12.2. The molecule has 0 atom stereocenters. The zero-order valence-corrected chi connectivity index (χ0v) is 18.2. The number of fused-ring (bicyclic) bond motifs is 1. The summed E-state index contributed by atoms with van der Waals surface area (Å²) in [6, 6.07) is 16.5. The summed E-state index contributed by atoms with van der Waals surface area (Å²) in [7, 11) is 0. The first kappa shape index (κ1) is 19.5. The summed E-state index contributed by atoms with van der Waals surface area (Å²) in [5.41, 5.74) is 3.27. The number of benzene rings is 2. The van der Waals surface area contributed by atoms with E-state index < -0.39 is 0 Å². The topological polar surface area (TPSA) is 93.8 Å². The molecule has 1 amide bonds. The molecule has 0 saturated heterocycles. The van der Waals surface area contributed by atoms with E-state index in [-0.39, 0.29) is 18.2 Å². The van der Waals surface area contributed by atoms with Crippen LogP contribution in [0.2, 0.25) is 0 Å². The van der Waals surface area contributed by atoms with E-state index in [0.717, 1.165) is 25.7 Å². The highest BCUT2D eigenvalue weighted by atomic mass is 32.1. The molecule has 0 fully saturated rings. The molecule has 1 N–H and O–H groups in total. The highest BCUT2D eigenvalue weighted by Crippen LogP contribution is 2.29. The molecule has 0 aliphatic heterocycles. The van der Waals surface area contributed by atoms with Crippen molar-refractivity contribution in [1.29, 1.82) is 0 Å². The molecule has 0 aliphatic carbocycles. The largest absolute Gasteiger partial charge is 0.424 e. The summed E-state index contributed by atoms with van der Waals surface area (Å²) in [6.07, 6.45) is 2.15. The van der Waals surface area contributed by atoms with E-state index in [1.165, 1.54) is 16.9 Å². The average molecular weight is 448 g/mol. The molecule has 9 heteroatoms. The van der Waals surface area contributed by atoms with Gasteiger partial charge in [-0.15, -0.1) is 32.9 Å². The monoisotopic (exact) mass is 447 g/mol. The van der Waals surface area contributed by atoms with Crippen LogP contribution in [0.5, 0.6) is 0 Å². The minimum Gasteiger partial charge on any atom is -0.424 e. The van der Waals surface area contributed by atoms with Gasteiger partial charge in [-0.1, -0.05) is 36.4 Å². The molecule has 3 aromatic heterocycles. The van der Waals surface area contributed by atoms with Crippen LogP contribution >= 0.6 is 22.7 Å². The van der Waals surface area contributed by atoms with Crippen LogP contribution in [0.15, 0.2) is 59.1 Å². The number of rotatable bonds is 6. The number of amides is 1. The number of aromatic nitrogens is 4. The number of nitrogens with zero attached hydrogens (tertiary/aromatic N) is 4. The van der Waals surface area contributed by atoms with Crippen molar-refractivity contribution in [3.05, 3.63) is 76.4 Å². The summed E-state index contributed by atoms with van der Waals surface area (Å²) >= 11 is 3.02. The number of nitrogens with one attached hydrogen (secondary N) is 1. The molecule has 0 aliphatic rings. The lowest BCUT2D eigenvalue weighted by Crippen LogP contribution is -2.14. The van der Waals surface area contributed by atoms with Gasteiger partial charge in [0, 0.05) is 11.1 Å². The number of anilines is 1. The van der Waals surface area contributed by atoms with Gasteiger partial charge in [0.2, 0.25) is 17.7 Å². The van der Waals surface area contributed by atoms with E-state index in [9.17, 15) is 4.79 Å². The summed E-state index contributed by atoms with van der Waals surface area (Å²) in [5.74, 6) is 0.474. The van der Waals surface area contributed by atoms with Crippen molar-refractivity contribution in [2.24, 2.45) is 0 Å². The van der Waals surface area contributed by atoms with Crippen molar-refractivity contribution in [2.75, 3.05) is 5.32 Å². The van der Waals surface area contributed by atoms with E-state index in [1.807, 2.05) is 31.2 Å². The summed E-state index contributed by atoms with van der Waals surface area (Å²) in [4.78, 5) is 22.0. The number of aryl methyl sites for hydroxylation is 1. The maximum atomic E-state index is 12.1. The smallest absolute Gasteiger partial charge is 0.235 e. The first-order valence-electron chi connectivity index (χ1n) is 9.61. The van der Waals surface area contributed by atoms with Crippen molar-refractivity contribution < 1.29 is 9.21 Å². The van der Waals surface area contributed by atoms with E-state index >= 15 is 0 Å². The van der Waals surface area contributed by atoms with Crippen LogP contribution in [-0.4, -0.2) is 26.1 Å². The Morgan fingerprint density at radius 3 is 2.68 bits per heavy atom. The van der Waals surface area contributed by atoms with Crippen molar-refractivity contribution in [2.45, 2.75) is 19.8 Å². The lowest BCUT2D eigenvalue weighted by molar-refractivity contribution is -0.115. The van der Waals surface area contributed by atoms with Gasteiger partial charge < -0.3 is 9.73 Å². The zero-order chi connectivity index (χ0) is 21.2. The molecular formula is C22H17N5O2S2. The number of hydrogen-bond acceptors (Lipinski definition) is 8. The number of carbonyl (C=O) groups excluding carboxylic acids is 1. The van der Waals surface area contributed by atoms with Gasteiger partial charge in [0.1, 0.15) is 11.4 Å². The zero-order valence-electron chi connectivity index (χ0n) is 16.5. The van der Waals surface area contributed by atoms with Crippen molar-refractivity contribution in [3.63, 3.8) is 0 Å². The van der Waals surface area contributed by atoms with Crippen molar-refractivity contribution in [1.82, 2.24) is 20.2 Å². The second-order valence-corrected chi connectivity index (χ2v) is 9.27. The maximum Gasteiger partial charge on any atom is 0.235 e. The minimum absolute atomic E-state index is 0.00586. The fourth-order valence-corrected chi connectivity index (χ4v) is 4.81. The normalized spacial score (nSPS) is 11.1. The molecule has 31 heavy (non-hydrogen) atoms. The number of hydrogen-bond donors (Lipinski definition) is 1. The summed E-state index contributed by atoms with van der Waals surface area (Å²) < 4.78 is 6.76. The van der Waals surface area contributed by atoms with E-state index in [1.54, 1.807) is 17.5 Å². The fourth-order valence-electron chi connectivity index (χ4n) is 3.13. The number of thiazole rings is 2. The van der Waals surface area contributed by atoms with Crippen LogP contribution in [0.3, 0.4) is 0 Å². The Bertz CT molecular complexity index is 1360. The summed E-state index contributed by atoms with van der Waals surface area (Å²) in [6.45, 7) is 1.93. The molecular weight excluding hydrogens is 430 g/mol.